The minimum Gasteiger partial charge on any atom is -0.395 e. The molecule has 7 heteroatoms. The Labute approximate surface area is 116 Å². The number of rotatable bonds is 6. The monoisotopic (exact) mass is 309 g/mol. The molecule has 1 N–H and O–H groups in total. The average molecular weight is 310 g/mol. The highest BCUT2D eigenvalue weighted by molar-refractivity contribution is 7.89. The molecule has 0 unspecified atom stereocenters. The summed E-state index contributed by atoms with van der Waals surface area (Å²) >= 11 is 11.8. The topological polar surface area (TPSA) is 57.6 Å². The van der Waals surface area contributed by atoms with Crippen molar-refractivity contribution in [1.29, 1.82) is 0 Å². The van der Waals surface area contributed by atoms with Crippen LogP contribution in [0.25, 0.3) is 0 Å². The molecule has 4 nitrogen and oxygen atoms in total. The summed E-state index contributed by atoms with van der Waals surface area (Å²) in [5, 5.41) is 9.01. The molecule has 100 valence electrons. The largest absolute Gasteiger partial charge is 0.395 e. The summed E-state index contributed by atoms with van der Waals surface area (Å²) in [6.45, 7) is 3.21. The summed E-state index contributed by atoms with van der Waals surface area (Å²) in [7, 11) is -3.85. The first-order valence-corrected chi connectivity index (χ1v) is 7.30. The zero-order chi connectivity index (χ0) is 13.8. The molecule has 1 aromatic carbocycles. The molecule has 1 rings (SSSR count). The first-order chi connectivity index (χ1) is 8.45. The molecule has 0 aliphatic heterocycles. The molecule has 0 aliphatic carbocycles. The Kier molecular flexibility index (Phi) is 5.62. The highest BCUT2D eigenvalue weighted by Gasteiger charge is 2.27. The van der Waals surface area contributed by atoms with Crippen LogP contribution in [-0.4, -0.2) is 37.5 Å². The fourth-order valence-corrected chi connectivity index (χ4v) is 3.92. The van der Waals surface area contributed by atoms with Crippen molar-refractivity contribution in [2.45, 2.75) is 4.90 Å². The van der Waals surface area contributed by atoms with Crippen LogP contribution in [0.15, 0.2) is 35.7 Å². The van der Waals surface area contributed by atoms with Crippen molar-refractivity contribution < 1.29 is 13.5 Å². The zero-order valence-electron chi connectivity index (χ0n) is 9.51. The summed E-state index contributed by atoms with van der Waals surface area (Å²) in [6, 6.07) is 4.46. The maximum absolute atomic E-state index is 12.4. The van der Waals surface area contributed by atoms with Gasteiger partial charge in [0.05, 0.1) is 16.7 Å². The molecule has 0 bridgehead atoms. The lowest BCUT2D eigenvalue weighted by atomic mass is 10.4. The second-order valence-electron chi connectivity index (χ2n) is 3.43. The van der Waals surface area contributed by atoms with Crippen molar-refractivity contribution in [2.75, 3.05) is 19.7 Å². The molecule has 0 atom stereocenters. The van der Waals surface area contributed by atoms with E-state index in [0.29, 0.717) is 0 Å². The molecule has 0 amide bonds. The maximum atomic E-state index is 12.4. The predicted molar refractivity (Wildman–Crippen MR) is 72.5 cm³/mol. The minimum absolute atomic E-state index is 0.0457. The normalized spacial score (nSPS) is 11.8. The van der Waals surface area contributed by atoms with Crippen LogP contribution >= 0.6 is 23.2 Å². The first-order valence-electron chi connectivity index (χ1n) is 5.11. The second kappa shape index (κ2) is 6.54. The Morgan fingerprint density at radius 1 is 1.33 bits per heavy atom. The number of sulfonamides is 1. The number of hydrogen-bond donors (Lipinski definition) is 1. The Morgan fingerprint density at radius 2 is 1.89 bits per heavy atom. The van der Waals surface area contributed by atoms with Crippen molar-refractivity contribution >= 4 is 33.2 Å². The molecule has 0 saturated heterocycles. The van der Waals surface area contributed by atoms with Gasteiger partial charge in [-0.15, -0.1) is 6.58 Å². The zero-order valence-corrected chi connectivity index (χ0v) is 11.8. The average Bonchev–Trinajstić information content (AvgIpc) is 2.28. The molecule has 18 heavy (non-hydrogen) atoms. The summed E-state index contributed by atoms with van der Waals surface area (Å²) in [6.07, 6.45) is 1.43. The molecule has 0 radical (unpaired) electrons. The van der Waals surface area contributed by atoms with Gasteiger partial charge >= 0.3 is 0 Å². The van der Waals surface area contributed by atoms with Gasteiger partial charge in [0.15, 0.2) is 0 Å². The van der Waals surface area contributed by atoms with E-state index in [0.717, 1.165) is 4.31 Å². The molecule has 0 spiro atoms. The molecule has 0 heterocycles. The third-order valence-electron chi connectivity index (χ3n) is 2.20. The molecule has 0 fully saturated rings. The fourth-order valence-electron chi connectivity index (χ4n) is 1.42. The van der Waals surface area contributed by atoms with Gasteiger partial charge in [-0.1, -0.05) is 35.3 Å². The fraction of sp³-hybridized carbons (Fsp3) is 0.273. The van der Waals surface area contributed by atoms with Gasteiger partial charge in [0.2, 0.25) is 10.0 Å². The van der Waals surface area contributed by atoms with Crippen LogP contribution < -0.4 is 0 Å². The molecule has 0 aliphatic rings. The van der Waals surface area contributed by atoms with Gasteiger partial charge in [-0.05, 0) is 12.1 Å². The number of halogens is 2. The van der Waals surface area contributed by atoms with Crippen molar-refractivity contribution in [3.63, 3.8) is 0 Å². The molecule has 0 saturated carbocycles. The Hall–Kier alpha value is -0.590. The SMILES string of the molecule is C=CCN(CCO)S(=O)(=O)c1c(Cl)cccc1Cl. The van der Waals surface area contributed by atoms with Crippen LogP contribution in [0, 0.1) is 0 Å². The van der Waals surface area contributed by atoms with Gasteiger partial charge < -0.3 is 5.11 Å². The van der Waals surface area contributed by atoms with Gasteiger partial charge in [0.25, 0.3) is 0 Å². The van der Waals surface area contributed by atoms with E-state index < -0.39 is 10.0 Å². The lowest BCUT2D eigenvalue weighted by Gasteiger charge is -2.20. The van der Waals surface area contributed by atoms with E-state index in [2.05, 4.69) is 6.58 Å². The summed E-state index contributed by atoms with van der Waals surface area (Å²) in [5.74, 6) is 0. The van der Waals surface area contributed by atoms with E-state index in [-0.39, 0.29) is 34.6 Å². The number of aliphatic hydroxyl groups is 1. The van der Waals surface area contributed by atoms with Crippen LogP contribution in [0.1, 0.15) is 0 Å². The molecule has 1 aromatic rings. The number of aliphatic hydroxyl groups excluding tert-OH is 1. The van der Waals surface area contributed by atoms with Crippen LogP contribution in [0.2, 0.25) is 10.0 Å². The van der Waals surface area contributed by atoms with E-state index in [4.69, 9.17) is 28.3 Å². The van der Waals surface area contributed by atoms with E-state index in [9.17, 15) is 8.42 Å². The maximum Gasteiger partial charge on any atom is 0.246 e. The first kappa shape index (κ1) is 15.5. The minimum atomic E-state index is -3.85. The number of nitrogens with zero attached hydrogens (tertiary/aromatic N) is 1. The van der Waals surface area contributed by atoms with Crippen molar-refractivity contribution in [3.8, 4) is 0 Å². The summed E-state index contributed by atoms with van der Waals surface area (Å²) < 4.78 is 25.8. The number of hydrogen-bond acceptors (Lipinski definition) is 3. The summed E-state index contributed by atoms with van der Waals surface area (Å²) in [4.78, 5) is -0.149. The lowest BCUT2D eigenvalue weighted by Crippen LogP contribution is -2.34. The van der Waals surface area contributed by atoms with E-state index in [1.807, 2.05) is 0 Å². The van der Waals surface area contributed by atoms with Gasteiger partial charge in [0, 0.05) is 13.1 Å². The van der Waals surface area contributed by atoms with E-state index >= 15 is 0 Å². The van der Waals surface area contributed by atoms with Crippen LogP contribution in [-0.2, 0) is 10.0 Å². The highest BCUT2D eigenvalue weighted by Crippen LogP contribution is 2.31. The Morgan fingerprint density at radius 3 is 2.33 bits per heavy atom. The molecule has 0 aromatic heterocycles. The Bertz CT molecular complexity index is 511. The van der Waals surface area contributed by atoms with Crippen LogP contribution in [0.4, 0.5) is 0 Å². The van der Waals surface area contributed by atoms with Crippen LogP contribution in [0.5, 0.6) is 0 Å². The highest BCUT2D eigenvalue weighted by atomic mass is 35.5. The third-order valence-corrected chi connectivity index (χ3v) is 5.02. The van der Waals surface area contributed by atoms with Crippen molar-refractivity contribution in [2.24, 2.45) is 0 Å². The Balaban J connectivity index is 3.30. The van der Waals surface area contributed by atoms with Gasteiger partial charge in [0.1, 0.15) is 4.90 Å². The van der Waals surface area contributed by atoms with E-state index in [1.54, 1.807) is 6.07 Å². The lowest BCUT2D eigenvalue weighted by molar-refractivity contribution is 0.260. The quantitative estimate of drug-likeness (QED) is 0.819. The van der Waals surface area contributed by atoms with Crippen molar-refractivity contribution in [1.82, 2.24) is 4.31 Å². The molecular weight excluding hydrogens is 297 g/mol. The van der Waals surface area contributed by atoms with Crippen molar-refractivity contribution in [3.05, 3.63) is 40.9 Å². The van der Waals surface area contributed by atoms with E-state index in [1.165, 1.54) is 18.2 Å². The third kappa shape index (κ3) is 3.24. The van der Waals surface area contributed by atoms with Gasteiger partial charge in [-0.2, -0.15) is 4.31 Å². The summed E-state index contributed by atoms with van der Waals surface area (Å²) in [5.41, 5.74) is 0. The predicted octanol–water partition coefficient (Wildman–Crippen LogP) is 2.16. The molecular formula is C11H13Cl2NO3S. The smallest absolute Gasteiger partial charge is 0.246 e. The van der Waals surface area contributed by atoms with Crippen LogP contribution in [0.3, 0.4) is 0 Å². The number of benzene rings is 1. The van der Waals surface area contributed by atoms with Gasteiger partial charge in [-0.3, -0.25) is 0 Å². The second-order valence-corrected chi connectivity index (χ2v) is 6.12. The standard InChI is InChI=1S/C11H13Cl2NO3S/c1-2-6-14(7-8-15)18(16,17)11-9(12)4-3-5-10(11)13/h2-5,15H,1,6-8H2. The van der Waals surface area contributed by atoms with Gasteiger partial charge in [-0.25, -0.2) is 8.42 Å².